The smallest absolute Gasteiger partial charge is 0.164 e. The molecule has 0 amide bonds. The van der Waals surface area contributed by atoms with Gasteiger partial charge >= 0.3 is 0 Å². The molecule has 0 fully saturated rings. The first kappa shape index (κ1) is 32.2. The number of pyridine rings is 1. The summed E-state index contributed by atoms with van der Waals surface area (Å²) in [6.07, 6.45) is 0. The zero-order valence-electron chi connectivity index (χ0n) is 29.8. The van der Waals surface area contributed by atoms with E-state index in [2.05, 4.69) is 126 Å². The van der Waals surface area contributed by atoms with Crippen molar-refractivity contribution >= 4 is 49.5 Å². The lowest BCUT2D eigenvalue weighted by Gasteiger charge is -2.26. The van der Waals surface area contributed by atoms with E-state index in [9.17, 15) is 0 Å². The Bertz CT molecular complexity index is 2860. The normalized spacial score (nSPS) is 11.3. The Morgan fingerprint density at radius 2 is 0.836 bits per heavy atom. The zero-order valence-corrected chi connectivity index (χ0v) is 29.8. The Kier molecular flexibility index (Phi) is 8.08. The minimum atomic E-state index is 0.618. The van der Waals surface area contributed by atoms with Gasteiger partial charge in [0.1, 0.15) is 0 Å². The summed E-state index contributed by atoms with van der Waals surface area (Å²) < 4.78 is 0. The molecular weight excluding hydrogens is 671 g/mol. The summed E-state index contributed by atoms with van der Waals surface area (Å²) in [5.74, 6) is 1.88. The molecule has 5 heteroatoms. The summed E-state index contributed by atoms with van der Waals surface area (Å²) in [7, 11) is 0. The second-order valence-electron chi connectivity index (χ2n) is 13.5. The molecule has 0 atom stereocenters. The second kappa shape index (κ2) is 13.8. The molecule has 2 heterocycles. The Hall–Kier alpha value is -7.50. The van der Waals surface area contributed by atoms with Gasteiger partial charge in [-0.3, -0.25) is 0 Å². The van der Waals surface area contributed by atoms with E-state index < -0.39 is 0 Å². The fourth-order valence-corrected chi connectivity index (χ4v) is 7.53. The van der Waals surface area contributed by atoms with E-state index in [-0.39, 0.29) is 0 Å². The first-order chi connectivity index (χ1) is 27.3. The molecule has 0 aliphatic rings. The summed E-state index contributed by atoms with van der Waals surface area (Å²) in [5, 5.41) is 5.40. The molecule has 0 saturated heterocycles. The molecule has 5 nitrogen and oxygen atoms in total. The third-order valence-electron chi connectivity index (χ3n) is 10.1. The van der Waals surface area contributed by atoms with Gasteiger partial charge in [0.05, 0.1) is 11.2 Å². The van der Waals surface area contributed by atoms with Gasteiger partial charge in [-0.05, 0) is 41.8 Å². The molecule has 0 unspecified atom stereocenters. The van der Waals surface area contributed by atoms with Gasteiger partial charge in [-0.2, -0.15) is 0 Å². The number of benzene rings is 8. The van der Waals surface area contributed by atoms with Crippen molar-refractivity contribution in [1.29, 1.82) is 0 Å². The molecule has 0 bridgehead atoms. The third kappa shape index (κ3) is 5.94. The van der Waals surface area contributed by atoms with Gasteiger partial charge < -0.3 is 4.90 Å². The van der Waals surface area contributed by atoms with Crippen molar-refractivity contribution in [2.24, 2.45) is 0 Å². The van der Waals surface area contributed by atoms with Gasteiger partial charge in [-0.25, -0.2) is 19.9 Å². The van der Waals surface area contributed by atoms with Crippen LogP contribution < -0.4 is 4.90 Å². The van der Waals surface area contributed by atoms with Crippen molar-refractivity contribution in [3.05, 3.63) is 200 Å². The van der Waals surface area contributed by atoms with Gasteiger partial charge in [0.15, 0.2) is 17.5 Å². The molecule has 55 heavy (non-hydrogen) atoms. The number of hydrogen-bond donors (Lipinski definition) is 0. The highest BCUT2D eigenvalue weighted by Crippen LogP contribution is 2.43. The summed E-state index contributed by atoms with van der Waals surface area (Å²) in [6, 6.07) is 69.1. The molecule has 8 aromatic carbocycles. The van der Waals surface area contributed by atoms with Gasteiger partial charge in [-0.1, -0.05) is 164 Å². The minimum absolute atomic E-state index is 0.618. The maximum atomic E-state index is 5.45. The number of fused-ring (bicyclic) bond motifs is 5. The van der Waals surface area contributed by atoms with Crippen LogP contribution in [0.15, 0.2) is 200 Å². The van der Waals surface area contributed by atoms with Crippen molar-refractivity contribution in [3.8, 4) is 45.4 Å². The lowest BCUT2D eigenvalue weighted by atomic mass is 9.92. The predicted molar refractivity (Wildman–Crippen MR) is 227 cm³/mol. The SMILES string of the molecule is c1ccc(-c2nc(-c3ccccc3)nc(-c3cccc4ccc5c(-c6ccccc6)nc6cc(N(c7ccccc7)c7ccccc7)ccc6c5c34)n2)cc1. The number of aromatic nitrogens is 4. The number of rotatable bonds is 7. The quantitative estimate of drug-likeness (QED) is 0.155. The number of nitrogens with zero attached hydrogens (tertiary/aromatic N) is 5. The molecule has 0 N–H and O–H groups in total. The van der Waals surface area contributed by atoms with E-state index >= 15 is 0 Å². The van der Waals surface area contributed by atoms with Crippen LogP contribution in [0, 0.1) is 0 Å². The molecule has 0 saturated carbocycles. The Labute approximate surface area is 318 Å². The van der Waals surface area contributed by atoms with Crippen LogP contribution in [0.4, 0.5) is 17.1 Å². The van der Waals surface area contributed by atoms with Crippen molar-refractivity contribution in [2.75, 3.05) is 4.90 Å². The fraction of sp³-hybridized carbons (Fsp3) is 0. The van der Waals surface area contributed by atoms with Gasteiger partial charge in [0, 0.05) is 60.9 Å². The average molecular weight is 704 g/mol. The molecule has 2 aromatic heterocycles. The fourth-order valence-electron chi connectivity index (χ4n) is 7.53. The predicted octanol–water partition coefficient (Wildman–Crippen LogP) is 12.9. The number of hydrogen-bond acceptors (Lipinski definition) is 5. The van der Waals surface area contributed by atoms with Crippen LogP contribution in [-0.2, 0) is 0 Å². The molecule has 258 valence electrons. The highest BCUT2D eigenvalue weighted by atomic mass is 15.1. The van der Waals surface area contributed by atoms with E-state index in [1.165, 1.54) is 0 Å². The third-order valence-corrected chi connectivity index (χ3v) is 10.1. The maximum absolute atomic E-state index is 5.45. The Morgan fingerprint density at radius 3 is 1.42 bits per heavy atom. The largest absolute Gasteiger partial charge is 0.310 e. The Morgan fingerprint density at radius 1 is 0.327 bits per heavy atom. The molecule has 10 aromatic rings. The first-order valence-corrected chi connectivity index (χ1v) is 18.4. The second-order valence-corrected chi connectivity index (χ2v) is 13.5. The lowest BCUT2D eigenvalue weighted by Crippen LogP contribution is -2.09. The van der Waals surface area contributed by atoms with Crippen LogP contribution in [0.25, 0.3) is 77.9 Å². The Balaban J connectivity index is 1.28. The van der Waals surface area contributed by atoms with E-state index in [0.29, 0.717) is 17.5 Å². The van der Waals surface area contributed by atoms with E-state index in [0.717, 1.165) is 77.5 Å². The van der Waals surface area contributed by atoms with Gasteiger partial charge in [0.2, 0.25) is 0 Å². The summed E-state index contributed by atoms with van der Waals surface area (Å²) in [6.45, 7) is 0. The average Bonchev–Trinajstić information content (AvgIpc) is 3.27. The van der Waals surface area contributed by atoms with Crippen LogP contribution in [0.2, 0.25) is 0 Å². The summed E-state index contributed by atoms with van der Waals surface area (Å²) in [5.41, 5.74) is 8.84. The van der Waals surface area contributed by atoms with Crippen molar-refractivity contribution in [2.45, 2.75) is 0 Å². The topological polar surface area (TPSA) is 54.8 Å². The van der Waals surface area contributed by atoms with Crippen LogP contribution in [0.1, 0.15) is 0 Å². The van der Waals surface area contributed by atoms with Crippen LogP contribution in [0.3, 0.4) is 0 Å². The maximum Gasteiger partial charge on any atom is 0.164 e. The molecule has 0 aliphatic carbocycles. The molecular formula is C50H33N5. The van der Waals surface area contributed by atoms with Crippen molar-refractivity contribution < 1.29 is 0 Å². The monoisotopic (exact) mass is 703 g/mol. The molecule has 0 aliphatic heterocycles. The van der Waals surface area contributed by atoms with Crippen LogP contribution in [0.5, 0.6) is 0 Å². The van der Waals surface area contributed by atoms with Gasteiger partial charge in [0.25, 0.3) is 0 Å². The van der Waals surface area contributed by atoms with Crippen molar-refractivity contribution in [3.63, 3.8) is 0 Å². The van der Waals surface area contributed by atoms with E-state index in [1.54, 1.807) is 0 Å². The van der Waals surface area contributed by atoms with E-state index in [4.69, 9.17) is 19.9 Å². The highest BCUT2D eigenvalue weighted by Gasteiger charge is 2.20. The molecule has 10 rings (SSSR count). The number of anilines is 3. The summed E-state index contributed by atoms with van der Waals surface area (Å²) in [4.78, 5) is 23.1. The van der Waals surface area contributed by atoms with Gasteiger partial charge in [-0.15, -0.1) is 0 Å². The van der Waals surface area contributed by atoms with Crippen LogP contribution >= 0.6 is 0 Å². The lowest BCUT2D eigenvalue weighted by molar-refractivity contribution is 1.08. The molecule has 0 spiro atoms. The number of para-hydroxylation sites is 2. The standard InChI is InChI=1S/C50H33N5/c1-6-17-35(18-7-1)47-42-31-29-34-23-16-28-43(50-53-48(36-19-8-2-9-20-36)52-49(54-50)37-21-10-3-11-22-37)45(34)46(42)41-32-30-40(33-44(41)51-47)55(38-24-12-4-13-25-38)39-26-14-5-15-27-39/h1-33H. The van der Waals surface area contributed by atoms with Crippen molar-refractivity contribution in [1.82, 2.24) is 19.9 Å². The zero-order chi connectivity index (χ0) is 36.6. The molecule has 0 radical (unpaired) electrons. The minimum Gasteiger partial charge on any atom is -0.310 e. The van der Waals surface area contributed by atoms with Crippen LogP contribution in [-0.4, -0.2) is 19.9 Å². The highest BCUT2D eigenvalue weighted by molar-refractivity contribution is 6.25. The van der Waals surface area contributed by atoms with E-state index in [1.807, 2.05) is 78.9 Å². The summed E-state index contributed by atoms with van der Waals surface area (Å²) >= 11 is 0. The first-order valence-electron chi connectivity index (χ1n) is 18.4.